The van der Waals surface area contributed by atoms with Crippen LogP contribution in [0.1, 0.15) is 35.6 Å². The van der Waals surface area contributed by atoms with Gasteiger partial charge >= 0.3 is 0 Å². The fourth-order valence-electron chi connectivity index (χ4n) is 3.91. The van der Waals surface area contributed by atoms with Gasteiger partial charge in [0, 0.05) is 24.3 Å². The number of anilines is 2. The van der Waals surface area contributed by atoms with Gasteiger partial charge in [-0.05, 0) is 58.2 Å². The Kier molecular flexibility index (Phi) is 4.79. The Morgan fingerprint density at radius 3 is 2.82 bits per heavy atom. The molecule has 1 amide bonds. The van der Waals surface area contributed by atoms with Crippen LogP contribution in [-0.4, -0.2) is 29.0 Å². The van der Waals surface area contributed by atoms with Crippen LogP contribution in [-0.2, 0) is 4.79 Å². The number of amides is 1. The van der Waals surface area contributed by atoms with Gasteiger partial charge in [0.15, 0.2) is 0 Å². The van der Waals surface area contributed by atoms with E-state index in [0.717, 1.165) is 53.2 Å². The lowest BCUT2D eigenvalue weighted by Gasteiger charge is -2.33. The summed E-state index contributed by atoms with van der Waals surface area (Å²) in [6, 6.07) is 7.91. The Hall–Kier alpha value is -2.89. The van der Waals surface area contributed by atoms with Crippen LogP contribution in [0.3, 0.4) is 0 Å². The van der Waals surface area contributed by atoms with Gasteiger partial charge in [0.05, 0.1) is 11.3 Å². The molecule has 4 rings (SSSR count). The van der Waals surface area contributed by atoms with Crippen LogP contribution in [0.15, 0.2) is 28.7 Å². The molecule has 3 heterocycles. The molecule has 1 atom stereocenters. The van der Waals surface area contributed by atoms with Crippen molar-refractivity contribution >= 4 is 28.5 Å². The fourth-order valence-corrected chi connectivity index (χ4v) is 3.91. The lowest BCUT2D eigenvalue weighted by Crippen LogP contribution is -2.41. The molecule has 1 saturated heterocycles. The summed E-state index contributed by atoms with van der Waals surface area (Å²) >= 11 is 0. The Morgan fingerprint density at radius 2 is 2.04 bits per heavy atom. The molecule has 1 fully saturated rings. The molecule has 0 bridgehead atoms. The van der Waals surface area contributed by atoms with Crippen molar-refractivity contribution in [2.75, 3.05) is 23.3 Å². The topological polar surface area (TPSA) is 71.3 Å². The molecule has 2 aromatic heterocycles. The van der Waals surface area contributed by atoms with Crippen LogP contribution < -0.4 is 10.2 Å². The summed E-state index contributed by atoms with van der Waals surface area (Å²) in [5.41, 5.74) is 3.68. The van der Waals surface area contributed by atoms with E-state index in [1.165, 1.54) is 0 Å². The highest BCUT2D eigenvalue weighted by atomic mass is 16.3. The van der Waals surface area contributed by atoms with Crippen LogP contribution in [0, 0.1) is 33.6 Å². The number of nitrogens with one attached hydrogen (secondary N) is 1. The van der Waals surface area contributed by atoms with Gasteiger partial charge in [-0.1, -0.05) is 12.1 Å². The maximum Gasteiger partial charge on any atom is 0.231 e. The van der Waals surface area contributed by atoms with Gasteiger partial charge in [-0.25, -0.2) is 4.98 Å². The second-order valence-electron chi connectivity index (χ2n) is 7.70. The molecular formula is C22H26N4O2. The minimum Gasteiger partial charge on any atom is -0.443 e. The number of benzene rings is 1. The smallest absolute Gasteiger partial charge is 0.231 e. The van der Waals surface area contributed by atoms with Crippen molar-refractivity contribution in [3.05, 3.63) is 47.0 Å². The largest absolute Gasteiger partial charge is 0.443 e. The monoisotopic (exact) mass is 378 g/mol. The number of carbonyl (C=O) groups excluding carboxylic acids is 1. The summed E-state index contributed by atoms with van der Waals surface area (Å²) in [4.78, 5) is 24.2. The first-order valence-corrected chi connectivity index (χ1v) is 9.79. The highest BCUT2D eigenvalue weighted by Gasteiger charge is 2.29. The standard InChI is InChI=1S/C22H26N4O2/c1-13-7-5-9-18(11-13)25-21(27)17-8-6-10-26(12-17)20-19-14(2)15(3)28-22(19)24-16(4)23-20/h5,7,9,11,17H,6,8,10,12H2,1-4H3,(H,25,27). The average Bonchev–Trinajstić information content (AvgIpc) is 2.95. The number of aromatic nitrogens is 2. The third-order valence-corrected chi connectivity index (χ3v) is 5.50. The van der Waals surface area contributed by atoms with Gasteiger partial charge in [-0.2, -0.15) is 4.98 Å². The minimum absolute atomic E-state index is 0.0671. The van der Waals surface area contributed by atoms with Crippen LogP contribution in [0.2, 0.25) is 0 Å². The van der Waals surface area contributed by atoms with E-state index in [-0.39, 0.29) is 11.8 Å². The lowest BCUT2D eigenvalue weighted by atomic mass is 9.96. The van der Waals surface area contributed by atoms with Crippen LogP contribution in [0.4, 0.5) is 11.5 Å². The molecule has 6 nitrogen and oxygen atoms in total. The molecule has 28 heavy (non-hydrogen) atoms. The van der Waals surface area contributed by atoms with Crippen molar-refractivity contribution < 1.29 is 9.21 Å². The molecule has 1 N–H and O–H groups in total. The molecule has 146 valence electrons. The predicted octanol–water partition coefficient (Wildman–Crippen LogP) is 4.31. The average molecular weight is 378 g/mol. The van der Waals surface area contributed by atoms with Gasteiger partial charge < -0.3 is 14.6 Å². The summed E-state index contributed by atoms with van der Waals surface area (Å²) in [6.07, 6.45) is 1.83. The number of carbonyl (C=O) groups is 1. The third-order valence-electron chi connectivity index (χ3n) is 5.50. The van der Waals surface area contributed by atoms with E-state index >= 15 is 0 Å². The molecule has 1 aliphatic rings. The molecule has 6 heteroatoms. The summed E-state index contributed by atoms with van der Waals surface area (Å²) in [6.45, 7) is 9.41. The van der Waals surface area contributed by atoms with E-state index in [1.54, 1.807) is 0 Å². The zero-order valence-electron chi connectivity index (χ0n) is 16.9. The van der Waals surface area contributed by atoms with Crippen LogP contribution in [0.25, 0.3) is 11.1 Å². The van der Waals surface area contributed by atoms with E-state index in [2.05, 4.69) is 15.2 Å². The summed E-state index contributed by atoms with van der Waals surface area (Å²) < 4.78 is 5.82. The zero-order chi connectivity index (χ0) is 19.8. The molecule has 0 saturated carbocycles. The number of aryl methyl sites for hydroxylation is 4. The Labute approximate surface area is 165 Å². The van der Waals surface area contributed by atoms with Crippen molar-refractivity contribution in [2.24, 2.45) is 5.92 Å². The number of furan rings is 1. The highest BCUT2D eigenvalue weighted by molar-refractivity contribution is 5.94. The van der Waals surface area contributed by atoms with Crippen molar-refractivity contribution in [3.8, 4) is 0 Å². The fraction of sp³-hybridized carbons (Fsp3) is 0.409. The normalized spacial score (nSPS) is 17.1. The Balaban J connectivity index is 1.59. The van der Waals surface area contributed by atoms with E-state index < -0.39 is 0 Å². The number of rotatable bonds is 3. The number of nitrogens with zero attached hydrogens (tertiary/aromatic N) is 3. The molecule has 1 aliphatic heterocycles. The molecule has 0 radical (unpaired) electrons. The molecule has 0 aliphatic carbocycles. The van der Waals surface area contributed by atoms with Gasteiger partial charge in [0.2, 0.25) is 11.6 Å². The first-order chi connectivity index (χ1) is 13.4. The highest BCUT2D eigenvalue weighted by Crippen LogP contribution is 2.33. The maximum atomic E-state index is 12.9. The Morgan fingerprint density at radius 1 is 1.21 bits per heavy atom. The van der Waals surface area contributed by atoms with Crippen LogP contribution >= 0.6 is 0 Å². The van der Waals surface area contributed by atoms with Crippen molar-refractivity contribution in [1.29, 1.82) is 0 Å². The summed E-state index contributed by atoms with van der Waals surface area (Å²) in [5.74, 6) is 2.42. The summed E-state index contributed by atoms with van der Waals surface area (Å²) in [7, 11) is 0. The number of piperidine rings is 1. The van der Waals surface area contributed by atoms with E-state index in [4.69, 9.17) is 9.40 Å². The predicted molar refractivity (Wildman–Crippen MR) is 111 cm³/mol. The minimum atomic E-state index is -0.0760. The van der Waals surface area contributed by atoms with Gasteiger partial charge in [0.25, 0.3) is 0 Å². The first-order valence-electron chi connectivity index (χ1n) is 9.79. The number of fused-ring (bicyclic) bond motifs is 1. The quantitative estimate of drug-likeness (QED) is 0.735. The zero-order valence-corrected chi connectivity index (χ0v) is 16.9. The lowest BCUT2D eigenvalue weighted by molar-refractivity contribution is -0.120. The molecule has 3 aromatic rings. The van der Waals surface area contributed by atoms with Crippen molar-refractivity contribution in [2.45, 2.75) is 40.5 Å². The van der Waals surface area contributed by atoms with E-state index in [1.807, 2.05) is 52.0 Å². The van der Waals surface area contributed by atoms with Gasteiger partial charge in [-0.15, -0.1) is 0 Å². The second-order valence-corrected chi connectivity index (χ2v) is 7.70. The number of hydrogen-bond donors (Lipinski definition) is 1. The SMILES string of the molecule is Cc1cccc(NC(=O)C2CCCN(c3nc(C)nc4oc(C)c(C)c34)C2)c1. The Bertz CT molecular complexity index is 1040. The second kappa shape index (κ2) is 7.26. The third kappa shape index (κ3) is 3.46. The summed E-state index contributed by atoms with van der Waals surface area (Å²) in [5, 5.41) is 4.03. The van der Waals surface area contributed by atoms with E-state index in [0.29, 0.717) is 18.1 Å². The van der Waals surface area contributed by atoms with Gasteiger partial charge in [-0.3, -0.25) is 4.79 Å². The molecule has 1 unspecified atom stereocenters. The first kappa shape index (κ1) is 18.5. The van der Waals surface area contributed by atoms with Gasteiger partial charge in [0.1, 0.15) is 17.4 Å². The van der Waals surface area contributed by atoms with E-state index in [9.17, 15) is 4.79 Å². The number of hydrogen-bond acceptors (Lipinski definition) is 5. The van der Waals surface area contributed by atoms with Crippen LogP contribution in [0.5, 0.6) is 0 Å². The molecular weight excluding hydrogens is 352 g/mol. The van der Waals surface area contributed by atoms with Crippen molar-refractivity contribution in [1.82, 2.24) is 9.97 Å². The van der Waals surface area contributed by atoms with Crippen molar-refractivity contribution in [3.63, 3.8) is 0 Å². The molecule has 0 spiro atoms. The molecule has 1 aromatic carbocycles. The maximum absolute atomic E-state index is 12.9.